The van der Waals surface area contributed by atoms with Gasteiger partial charge < -0.3 is 4.42 Å². The van der Waals surface area contributed by atoms with E-state index in [1.807, 2.05) is 24.4 Å². The van der Waals surface area contributed by atoms with Crippen LogP contribution < -0.4 is 11.3 Å². The predicted octanol–water partition coefficient (Wildman–Crippen LogP) is 1.66. The van der Waals surface area contributed by atoms with Crippen LogP contribution in [0.25, 0.3) is 10.8 Å². The molecule has 2 aromatic heterocycles. The summed E-state index contributed by atoms with van der Waals surface area (Å²) in [5.41, 5.74) is 2.09. The second-order valence-electron chi connectivity index (χ2n) is 3.55. The van der Waals surface area contributed by atoms with Crippen molar-refractivity contribution >= 4 is 29.0 Å². The van der Waals surface area contributed by atoms with Gasteiger partial charge in [0.15, 0.2) is 0 Å². The molecule has 0 aromatic carbocycles. The number of nitrogens with zero attached hydrogens (tertiary/aromatic N) is 2. The summed E-state index contributed by atoms with van der Waals surface area (Å²) in [6.45, 7) is 1.90. The van der Waals surface area contributed by atoms with E-state index in [-0.39, 0.29) is 11.2 Å². The van der Waals surface area contributed by atoms with Gasteiger partial charge in [0.25, 0.3) is 11.1 Å². The highest BCUT2D eigenvalue weighted by Gasteiger charge is 2.15. The molecule has 8 heteroatoms. The number of thiophene rings is 1. The molecule has 2 heterocycles. The van der Waals surface area contributed by atoms with E-state index in [2.05, 4.69) is 15.6 Å². The Kier molecular flexibility index (Phi) is 4.34. The zero-order chi connectivity index (χ0) is 13.0. The lowest BCUT2D eigenvalue weighted by atomic mass is 10.3. The second-order valence-corrected chi connectivity index (χ2v) is 5.89. The molecule has 0 fully saturated rings. The highest BCUT2D eigenvalue weighted by Crippen LogP contribution is 2.29. The van der Waals surface area contributed by atoms with Crippen LogP contribution in [0, 0.1) is 0 Å². The third-order valence-electron chi connectivity index (χ3n) is 2.07. The van der Waals surface area contributed by atoms with Crippen LogP contribution in [0.1, 0.15) is 13.3 Å². The molecule has 0 spiro atoms. The molecule has 0 radical (unpaired) electrons. The molecule has 18 heavy (non-hydrogen) atoms. The van der Waals surface area contributed by atoms with Crippen LogP contribution in [0.15, 0.2) is 27.2 Å². The third-order valence-corrected chi connectivity index (χ3v) is 3.87. The number of aromatic nitrogens is 2. The van der Waals surface area contributed by atoms with Crippen LogP contribution in [0.5, 0.6) is 0 Å². The van der Waals surface area contributed by atoms with Gasteiger partial charge in [-0.15, -0.1) is 21.5 Å². The van der Waals surface area contributed by atoms with Crippen molar-refractivity contribution in [3.8, 4) is 10.8 Å². The minimum absolute atomic E-state index is 0.0187. The van der Waals surface area contributed by atoms with E-state index in [0.717, 1.165) is 4.88 Å². The van der Waals surface area contributed by atoms with Crippen molar-refractivity contribution in [1.82, 2.24) is 15.6 Å². The Morgan fingerprint density at radius 2 is 2.50 bits per heavy atom. The first-order chi connectivity index (χ1) is 8.69. The Morgan fingerprint density at radius 3 is 3.17 bits per heavy atom. The monoisotopic (exact) mass is 284 g/mol. The van der Waals surface area contributed by atoms with E-state index in [0.29, 0.717) is 17.5 Å². The SMILES string of the molecule is CC(CC(=O)NN)Sc1nnc(-c2cccs2)o1. The number of hydrogen-bond donors (Lipinski definition) is 2. The molecule has 6 nitrogen and oxygen atoms in total. The fraction of sp³-hybridized carbons (Fsp3) is 0.300. The first-order valence-electron chi connectivity index (χ1n) is 5.22. The maximum atomic E-state index is 11.1. The van der Waals surface area contributed by atoms with Crippen molar-refractivity contribution in [3.05, 3.63) is 17.5 Å². The number of hydrogen-bond acceptors (Lipinski definition) is 7. The first-order valence-corrected chi connectivity index (χ1v) is 6.98. The number of hydrazine groups is 1. The molecular weight excluding hydrogens is 272 g/mol. The van der Waals surface area contributed by atoms with Crippen molar-refractivity contribution < 1.29 is 9.21 Å². The zero-order valence-corrected chi connectivity index (χ0v) is 11.3. The first kappa shape index (κ1) is 13.1. The normalized spacial score (nSPS) is 12.3. The highest BCUT2D eigenvalue weighted by molar-refractivity contribution is 7.99. The van der Waals surface area contributed by atoms with E-state index in [1.165, 1.54) is 23.1 Å². The summed E-state index contributed by atoms with van der Waals surface area (Å²) in [5, 5.41) is 10.3. The molecular formula is C10H12N4O2S2. The molecule has 1 unspecified atom stereocenters. The molecule has 0 bridgehead atoms. The average Bonchev–Trinajstić information content (AvgIpc) is 2.98. The van der Waals surface area contributed by atoms with E-state index >= 15 is 0 Å². The van der Waals surface area contributed by atoms with Crippen molar-refractivity contribution in [2.24, 2.45) is 5.84 Å². The molecule has 3 N–H and O–H groups in total. The van der Waals surface area contributed by atoms with Gasteiger partial charge >= 0.3 is 0 Å². The van der Waals surface area contributed by atoms with Crippen molar-refractivity contribution in [3.63, 3.8) is 0 Å². The Labute approximate surface area is 112 Å². The molecule has 0 saturated heterocycles. The lowest BCUT2D eigenvalue weighted by Gasteiger charge is -2.05. The summed E-state index contributed by atoms with van der Waals surface area (Å²) in [5.74, 6) is 5.31. The minimum Gasteiger partial charge on any atom is -0.410 e. The number of carbonyl (C=O) groups is 1. The molecule has 0 saturated carbocycles. The van der Waals surface area contributed by atoms with Crippen molar-refractivity contribution in [2.45, 2.75) is 23.8 Å². The van der Waals surface area contributed by atoms with Gasteiger partial charge in [-0.3, -0.25) is 10.2 Å². The van der Waals surface area contributed by atoms with Crippen LogP contribution in [-0.2, 0) is 4.79 Å². The number of thioether (sulfide) groups is 1. The fourth-order valence-corrected chi connectivity index (χ4v) is 2.73. The Balaban J connectivity index is 1.96. The van der Waals surface area contributed by atoms with E-state index < -0.39 is 0 Å². The topological polar surface area (TPSA) is 94.0 Å². The number of amides is 1. The van der Waals surface area contributed by atoms with Crippen LogP contribution in [-0.4, -0.2) is 21.4 Å². The molecule has 2 rings (SSSR count). The largest absolute Gasteiger partial charge is 0.410 e. The summed E-state index contributed by atoms with van der Waals surface area (Å²) < 4.78 is 5.50. The minimum atomic E-state index is -0.215. The highest BCUT2D eigenvalue weighted by atomic mass is 32.2. The zero-order valence-electron chi connectivity index (χ0n) is 9.62. The quantitative estimate of drug-likeness (QED) is 0.375. The molecule has 0 aliphatic carbocycles. The maximum Gasteiger partial charge on any atom is 0.277 e. The van der Waals surface area contributed by atoms with Gasteiger partial charge in [-0.05, 0) is 11.4 Å². The molecule has 0 aliphatic heterocycles. The standard InChI is InChI=1S/C10H12N4O2S2/c1-6(5-8(15)12-11)18-10-14-13-9(16-10)7-3-2-4-17-7/h2-4,6H,5,11H2,1H3,(H,12,15). The van der Waals surface area contributed by atoms with Crippen LogP contribution in [0.4, 0.5) is 0 Å². The summed E-state index contributed by atoms with van der Waals surface area (Å²) >= 11 is 2.89. The smallest absolute Gasteiger partial charge is 0.277 e. The summed E-state index contributed by atoms with van der Waals surface area (Å²) in [6, 6.07) is 3.84. The second kappa shape index (κ2) is 5.98. The van der Waals surface area contributed by atoms with Gasteiger partial charge in [-0.25, -0.2) is 5.84 Å². The van der Waals surface area contributed by atoms with Gasteiger partial charge in [-0.1, -0.05) is 24.8 Å². The Morgan fingerprint density at radius 1 is 1.67 bits per heavy atom. The fourth-order valence-electron chi connectivity index (χ4n) is 1.29. The van der Waals surface area contributed by atoms with Crippen molar-refractivity contribution in [2.75, 3.05) is 0 Å². The third kappa shape index (κ3) is 3.31. The Bertz CT molecular complexity index is 512. The lowest BCUT2D eigenvalue weighted by molar-refractivity contribution is -0.121. The molecule has 96 valence electrons. The molecule has 1 amide bonds. The van der Waals surface area contributed by atoms with Gasteiger partial charge in [0.1, 0.15) is 0 Å². The molecule has 2 aromatic rings. The van der Waals surface area contributed by atoms with E-state index in [1.54, 1.807) is 0 Å². The van der Waals surface area contributed by atoms with Crippen LogP contribution >= 0.6 is 23.1 Å². The van der Waals surface area contributed by atoms with E-state index in [9.17, 15) is 4.79 Å². The van der Waals surface area contributed by atoms with Gasteiger partial charge in [0.05, 0.1) is 4.88 Å². The van der Waals surface area contributed by atoms with Gasteiger partial charge in [-0.2, -0.15) is 0 Å². The molecule has 1 atom stereocenters. The Hall–Kier alpha value is -1.38. The summed E-state index contributed by atoms with van der Waals surface area (Å²) in [7, 11) is 0. The average molecular weight is 284 g/mol. The number of nitrogens with two attached hydrogens (primary N) is 1. The maximum absolute atomic E-state index is 11.1. The summed E-state index contributed by atoms with van der Waals surface area (Å²) in [6.07, 6.45) is 0.303. The number of rotatable bonds is 5. The van der Waals surface area contributed by atoms with E-state index in [4.69, 9.17) is 10.3 Å². The number of nitrogens with one attached hydrogen (secondary N) is 1. The molecule has 0 aliphatic rings. The van der Waals surface area contributed by atoms with Crippen LogP contribution in [0.3, 0.4) is 0 Å². The lowest BCUT2D eigenvalue weighted by Crippen LogP contribution is -2.31. The van der Waals surface area contributed by atoms with Gasteiger partial charge in [0.2, 0.25) is 5.91 Å². The van der Waals surface area contributed by atoms with Gasteiger partial charge in [0, 0.05) is 11.7 Å². The predicted molar refractivity (Wildman–Crippen MR) is 69.9 cm³/mol. The van der Waals surface area contributed by atoms with Crippen molar-refractivity contribution in [1.29, 1.82) is 0 Å². The van der Waals surface area contributed by atoms with Crippen LogP contribution in [0.2, 0.25) is 0 Å². The summed E-state index contributed by atoms with van der Waals surface area (Å²) in [4.78, 5) is 12.0. The number of carbonyl (C=O) groups excluding carboxylic acids is 1.